The van der Waals surface area contributed by atoms with Crippen LogP contribution in [0, 0.1) is 5.95 Å². The van der Waals surface area contributed by atoms with Crippen LogP contribution in [0.1, 0.15) is 12.1 Å². The fourth-order valence-electron chi connectivity index (χ4n) is 1.81. The topological polar surface area (TPSA) is 37.5 Å². The van der Waals surface area contributed by atoms with E-state index in [4.69, 9.17) is 4.74 Å². The van der Waals surface area contributed by atoms with Crippen molar-refractivity contribution in [1.82, 2.24) is 4.98 Å². The zero-order valence-electron chi connectivity index (χ0n) is 7.01. The molecule has 2 aliphatic heterocycles. The lowest BCUT2D eigenvalue weighted by Crippen LogP contribution is -2.24. The smallest absolute Gasteiger partial charge is 0.213 e. The highest BCUT2D eigenvalue weighted by Gasteiger charge is 2.50. The molecule has 1 saturated heterocycles. The van der Waals surface area contributed by atoms with Crippen LogP contribution in [-0.2, 0) is 10.3 Å². The first kappa shape index (κ1) is 7.26. The summed E-state index contributed by atoms with van der Waals surface area (Å²) in [6, 6.07) is 3.09. The van der Waals surface area contributed by atoms with Gasteiger partial charge in [-0.2, -0.15) is 4.39 Å². The van der Waals surface area contributed by atoms with E-state index in [2.05, 4.69) is 10.3 Å². The Morgan fingerprint density at radius 3 is 3.15 bits per heavy atom. The summed E-state index contributed by atoms with van der Waals surface area (Å²) >= 11 is 0. The molecule has 1 fully saturated rings. The van der Waals surface area contributed by atoms with E-state index in [9.17, 15) is 4.39 Å². The van der Waals surface area contributed by atoms with Crippen molar-refractivity contribution in [3.8, 4) is 0 Å². The van der Waals surface area contributed by atoms with Crippen molar-refractivity contribution in [2.45, 2.75) is 12.0 Å². The average Bonchev–Trinajstić information content (AvgIpc) is 2.88. The number of epoxide rings is 1. The zero-order valence-corrected chi connectivity index (χ0v) is 7.01. The second-order valence-corrected chi connectivity index (χ2v) is 3.49. The van der Waals surface area contributed by atoms with E-state index >= 15 is 0 Å². The Bertz CT molecular complexity index is 363. The molecule has 0 saturated carbocycles. The van der Waals surface area contributed by atoms with Crippen molar-refractivity contribution in [1.29, 1.82) is 0 Å². The van der Waals surface area contributed by atoms with Gasteiger partial charge in [0.2, 0.25) is 5.95 Å². The molecule has 4 heteroatoms. The molecule has 1 spiro atoms. The van der Waals surface area contributed by atoms with Crippen molar-refractivity contribution < 1.29 is 9.13 Å². The van der Waals surface area contributed by atoms with Crippen LogP contribution in [0.2, 0.25) is 0 Å². The van der Waals surface area contributed by atoms with E-state index < -0.39 is 5.95 Å². The molecule has 1 N–H and O–H groups in total. The van der Waals surface area contributed by atoms with Crippen LogP contribution in [0.15, 0.2) is 12.1 Å². The Kier molecular flexibility index (Phi) is 1.23. The van der Waals surface area contributed by atoms with Crippen LogP contribution in [0.25, 0.3) is 0 Å². The molecule has 0 aliphatic carbocycles. The lowest BCUT2D eigenvalue weighted by molar-refractivity contribution is 0.285. The number of anilines is 1. The summed E-state index contributed by atoms with van der Waals surface area (Å²) in [5.41, 5.74) is 1.38. The molecule has 0 aromatic carbocycles. The van der Waals surface area contributed by atoms with Crippen LogP contribution < -0.4 is 5.32 Å². The van der Waals surface area contributed by atoms with Crippen molar-refractivity contribution in [3.63, 3.8) is 0 Å². The van der Waals surface area contributed by atoms with E-state index in [-0.39, 0.29) is 5.60 Å². The number of hydrogen-bond donors (Lipinski definition) is 1. The number of nitrogens with zero attached hydrogens (tertiary/aromatic N) is 1. The zero-order chi connectivity index (χ0) is 8.89. The maximum Gasteiger partial charge on any atom is 0.213 e. The van der Waals surface area contributed by atoms with Crippen LogP contribution >= 0.6 is 0 Å². The average molecular weight is 180 g/mol. The van der Waals surface area contributed by atoms with Gasteiger partial charge < -0.3 is 10.1 Å². The fraction of sp³-hybridized carbons (Fsp3) is 0.444. The van der Waals surface area contributed by atoms with Gasteiger partial charge in [-0.05, 0) is 12.1 Å². The van der Waals surface area contributed by atoms with Gasteiger partial charge in [0, 0.05) is 13.0 Å². The molecular formula is C9H9FN2O. The van der Waals surface area contributed by atoms with Crippen molar-refractivity contribution >= 4 is 5.69 Å². The largest absolute Gasteiger partial charge is 0.383 e. The summed E-state index contributed by atoms with van der Waals surface area (Å²) in [7, 11) is 0. The van der Waals surface area contributed by atoms with Gasteiger partial charge in [0.05, 0.1) is 12.3 Å². The number of aromatic nitrogens is 1. The SMILES string of the molecule is Fc1ccc2c(n1)C1(CCN2)CO1. The highest BCUT2D eigenvalue weighted by Crippen LogP contribution is 2.46. The summed E-state index contributed by atoms with van der Waals surface area (Å²) in [6.07, 6.45) is 0.885. The first-order valence-electron chi connectivity index (χ1n) is 4.35. The van der Waals surface area contributed by atoms with E-state index in [0.717, 1.165) is 24.3 Å². The van der Waals surface area contributed by atoms with Gasteiger partial charge in [0.1, 0.15) is 11.3 Å². The molecule has 3 heterocycles. The van der Waals surface area contributed by atoms with Gasteiger partial charge >= 0.3 is 0 Å². The summed E-state index contributed by atoms with van der Waals surface area (Å²) in [5.74, 6) is -0.433. The Morgan fingerprint density at radius 2 is 2.38 bits per heavy atom. The number of halogens is 1. The first-order chi connectivity index (χ1) is 6.30. The molecule has 13 heavy (non-hydrogen) atoms. The van der Waals surface area contributed by atoms with Crippen LogP contribution in [0.5, 0.6) is 0 Å². The maximum absolute atomic E-state index is 12.9. The summed E-state index contributed by atoms with van der Waals surface area (Å²) in [5, 5.41) is 3.18. The number of nitrogens with one attached hydrogen (secondary N) is 1. The van der Waals surface area contributed by atoms with Crippen LogP contribution in [0.4, 0.5) is 10.1 Å². The summed E-state index contributed by atoms with van der Waals surface area (Å²) in [4.78, 5) is 3.87. The predicted octanol–water partition coefficient (Wildman–Crippen LogP) is 1.26. The number of fused-ring (bicyclic) bond motifs is 2. The summed E-state index contributed by atoms with van der Waals surface area (Å²) < 4.78 is 18.2. The van der Waals surface area contributed by atoms with Gasteiger partial charge in [-0.3, -0.25) is 0 Å². The van der Waals surface area contributed by atoms with E-state index in [1.165, 1.54) is 6.07 Å². The number of hydrogen-bond acceptors (Lipinski definition) is 3. The molecule has 1 aromatic heterocycles. The highest BCUT2D eigenvalue weighted by atomic mass is 19.1. The maximum atomic E-state index is 12.9. The number of ether oxygens (including phenoxy) is 1. The fourth-order valence-corrected chi connectivity index (χ4v) is 1.81. The number of pyridine rings is 1. The van der Waals surface area contributed by atoms with Gasteiger partial charge in [0.25, 0.3) is 0 Å². The van der Waals surface area contributed by atoms with E-state index in [0.29, 0.717) is 6.61 Å². The standard InChI is InChI=1S/C9H9FN2O/c10-7-2-1-6-8(12-7)9(5-13-9)3-4-11-6/h1-2,11H,3-5H2. The second-order valence-electron chi connectivity index (χ2n) is 3.49. The van der Waals surface area contributed by atoms with Gasteiger partial charge in [-0.25, -0.2) is 4.98 Å². The third-order valence-electron chi connectivity index (χ3n) is 2.63. The molecule has 0 amide bonds. The molecule has 3 rings (SSSR count). The molecule has 0 radical (unpaired) electrons. The molecule has 1 atom stereocenters. The number of rotatable bonds is 0. The van der Waals surface area contributed by atoms with E-state index in [1.807, 2.05) is 0 Å². The molecular weight excluding hydrogens is 171 g/mol. The minimum Gasteiger partial charge on any atom is -0.383 e. The van der Waals surface area contributed by atoms with Crippen LogP contribution in [0.3, 0.4) is 0 Å². The Labute approximate surface area is 74.9 Å². The minimum absolute atomic E-state index is 0.261. The van der Waals surface area contributed by atoms with Gasteiger partial charge in [0.15, 0.2) is 0 Å². The minimum atomic E-state index is -0.433. The third kappa shape index (κ3) is 0.951. The van der Waals surface area contributed by atoms with Crippen LogP contribution in [-0.4, -0.2) is 18.1 Å². The predicted molar refractivity (Wildman–Crippen MR) is 44.9 cm³/mol. The third-order valence-corrected chi connectivity index (χ3v) is 2.63. The second kappa shape index (κ2) is 2.20. The summed E-state index contributed by atoms with van der Waals surface area (Å²) in [6.45, 7) is 1.55. The Balaban J connectivity index is 2.16. The van der Waals surface area contributed by atoms with E-state index in [1.54, 1.807) is 6.07 Å². The van der Waals surface area contributed by atoms with Gasteiger partial charge in [-0.1, -0.05) is 0 Å². The molecule has 2 aliphatic rings. The first-order valence-corrected chi connectivity index (χ1v) is 4.35. The molecule has 3 nitrogen and oxygen atoms in total. The highest BCUT2D eigenvalue weighted by molar-refractivity contribution is 5.53. The lowest BCUT2D eigenvalue weighted by Gasteiger charge is -2.22. The quantitative estimate of drug-likeness (QED) is 0.482. The molecule has 1 aromatic rings. The molecule has 68 valence electrons. The van der Waals surface area contributed by atoms with Crippen molar-refractivity contribution in [2.24, 2.45) is 0 Å². The van der Waals surface area contributed by atoms with Crippen molar-refractivity contribution in [3.05, 3.63) is 23.8 Å². The normalized spacial score (nSPS) is 29.6. The Hall–Kier alpha value is -1.16. The lowest BCUT2D eigenvalue weighted by atomic mass is 9.97. The van der Waals surface area contributed by atoms with Crippen molar-refractivity contribution in [2.75, 3.05) is 18.5 Å². The monoisotopic (exact) mass is 180 g/mol. The van der Waals surface area contributed by atoms with Gasteiger partial charge in [-0.15, -0.1) is 0 Å². The Morgan fingerprint density at radius 1 is 1.54 bits per heavy atom. The molecule has 1 unspecified atom stereocenters. The molecule has 0 bridgehead atoms.